The number of nitro groups is 1. The number of benzene rings is 3. The fourth-order valence-corrected chi connectivity index (χ4v) is 4.99. The van der Waals surface area contributed by atoms with E-state index >= 15 is 0 Å². The number of nitro benzene ring substituents is 1. The molecule has 0 fully saturated rings. The molecule has 0 bridgehead atoms. The number of aliphatic imine (C=N–C) groups is 1. The van der Waals surface area contributed by atoms with Crippen molar-refractivity contribution in [1.82, 2.24) is 4.90 Å². The van der Waals surface area contributed by atoms with Crippen LogP contribution < -0.4 is 10.6 Å². The third-order valence-corrected chi connectivity index (χ3v) is 7.06. The quantitative estimate of drug-likeness (QED) is 0.216. The Bertz CT molecular complexity index is 1590. The summed E-state index contributed by atoms with van der Waals surface area (Å²) in [6.07, 6.45) is 5.85. The second-order valence-electron chi connectivity index (χ2n) is 9.76. The molecule has 0 aromatic heterocycles. The number of ketones is 2. The molecule has 1 unspecified atom stereocenters. The smallest absolute Gasteiger partial charge is 0.323 e. The van der Waals surface area contributed by atoms with Gasteiger partial charge in [-0.2, -0.15) is 0 Å². The molecule has 1 aliphatic heterocycles. The second kappa shape index (κ2) is 11.4. The Balaban J connectivity index is 1.25. The molecule has 2 N–H and O–H groups in total. The second-order valence-corrected chi connectivity index (χ2v) is 9.76. The molecule has 0 saturated carbocycles. The maximum Gasteiger partial charge on any atom is 0.323 e. The molecule has 1 aliphatic carbocycles. The maximum absolute atomic E-state index is 13.2. The first-order chi connectivity index (χ1) is 19.7. The van der Waals surface area contributed by atoms with Crippen molar-refractivity contribution in [2.75, 3.05) is 23.7 Å². The van der Waals surface area contributed by atoms with E-state index in [9.17, 15) is 24.5 Å². The van der Waals surface area contributed by atoms with Gasteiger partial charge in [-0.3, -0.25) is 24.7 Å². The number of Topliss-reactive ketones (excluding diaryl/α,β-unsaturated/α-hetero) is 2. The molecule has 5 rings (SSSR count). The van der Waals surface area contributed by atoms with Crippen molar-refractivity contribution >= 4 is 40.5 Å². The largest absolute Gasteiger partial charge is 0.350 e. The van der Waals surface area contributed by atoms with E-state index in [4.69, 9.17) is 4.99 Å². The molecule has 206 valence electrons. The topological polar surface area (TPSA) is 134 Å². The molecule has 1 heterocycles. The zero-order valence-corrected chi connectivity index (χ0v) is 22.2. The van der Waals surface area contributed by atoms with Gasteiger partial charge in [0, 0.05) is 41.1 Å². The van der Waals surface area contributed by atoms with Gasteiger partial charge in [0.2, 0.25) is 0 Å². The third kappa shape index (κ3) is 5.81. The Kier molecular flexibility index (Phi) is 7.55. The number of urea groups is 1. The summed E-state index contributed by atoms with van der Waals surface area (Å²) < 4.78 is 0. The number of amides is 2. The number of nitrogens with one attached hydrogen (secondary N) is 2. The number of allylic oxidation sites excluding steroid dienone is 3. The number of amidine groups is 1. The van der Waals surface area contributed by atoms with Crippen molar-refractivity contribution in [1.29, 1.82) is 0 Å². The summed E-state index contributed by atoms with van der Waals surface area (Å²) in [7, 11) is 0. The first-order valence-electron chi connectivity index (χ1n) is 13.0. The minimum absolute atomic E-state index is 0.0155. The SMILES string of the molecule is CC1=NC(C2=CC=CCC2=O)(c2ccccc2)CN1CC(=O)c1ccc(NC(=O)Nc2ccc([N+](=O)[O-])cc2)cc1. The number of carbonyl (C=O) groups excluding carboxylic acids is 3. The van der Waals surface area contributed by atoms with Crippen molar-refractivity contribution in [2.24, 2.45) is 4.99 Å². The standard InChI is InChI=1S/C31H27N5O5/c1-21-34-31(23-7-3-2-4-8-23,27-9-5-6-10-28(27)37)20-35(21)19-29(38)22-11-13-24(14-12-22)32-30(39)33-25-15-17-26(18-16-25)36(40)41/h2-9,11-18H,10,19-20H2,1H3,(H2,32,33,39). The summed E-state index contributed by atoms with van der Waals surface area (Å²) in [4.78, 5) is 55.7. The highest BCUT2D eigenvalue weighted by atomic mass is 16.6. The number of carbonyl (C=O) groups is 3. The predicted octanol–water partition coefficient (Wildman–Crippen LogP) is 5.51. The van der Waals surface area contributed by atoms with Crippen molar-refractivity contribution < 1.29 is 19.3 Å². The van der Waals surface area contributed by atoms with Crippen molar-refractivity contribution in [3.63, 3.8) is 0 Å². The fourth-order valence-electron chi connectivity index (χ4n) is 4.99. The Morgan fingerprint density at radius 3 is 2.22 bits per heavy atom. The molecule has 0 spiro atoms. The minimum atomic E-state index is -0.891. The van der Waals surface area contributed by atoms with Crippen LogP contribution in [0.15, 0.2) is 108 Å². The average molecular weight is 550 g/mol. The fraction of sp³-hybridized carbons (Fsp3) is 0.161. The summed E-state index contributed by atoms with van der Waals surface area (Å²) in [5, 5.41) is 16.1. The number of rotatable bonds is 8. The summed E-state index contributed by atoms with van der Waals surface area (Å²) in [6, 6.07) is 21.1. The van der Waals surface area contributed by atoms with E-state index in [2.05, 4.69) is 10.6 Å². The molecule has 3 aromatic rings. The number of nitrogens with zero attached hydrogens (tertiary/aromatic N) is 3. The molecule has 0 radical (unpaired) electrons. The van der Waals surface area contributed by atoms with Gasteiger partial charge in [-0.05, 0) is 48.9 Å². The molecule has 41 heavy (non-hydrogen) atoms. The van der Waals surface area contributed by atoms with Gasteiger partial charge in [-0.25, -0.2) is 4.79 Å². The number of hydrogen-bond acceptors (Lipinski definition) is 7. The van der Waals surface area contributed by atoms with E-state index in [-0.39, 0.29) is 23.8 Å². The van der Waals surface area contributed by atoms with Gasteiger partial charge in [-0.15, -0.1) is 0 Å². The van der Waals surface area contributed by atoms with Crippen LogP contribution >= 0.6 is 0 Å². The lowest BCUT2D eigenvalue weighted by Gasteiger charge is -2.31. The summed E-state index contributed by atoms with van der Waals surface area (Å²) in [5.74, 6) is 0.558. The van der Waals surface area contributed by atoms with Crippen LogP contribution in [-0.2, 0) is 10.3 Å². The molecule has 2 aliphatic rings. The molecule has 10 nitrogen and oxygen atoms in total. The first kappa shape index (κ1) is 27.2. The van der Waals surface area contributed by atoms with Crippen molar-refractivity contribution in [3.8, 4) is 0 Å². The van der Waals surface area contributed by atoms with Crippen LogP contribution in [0.5, 0.6) is 0 Å². The number of anilines is 2. The summed E-state index contributed by atoms with van der Waals surface area (Å²) in [5.41, 5.74) is 1.88. The highest BCUT2D eigenvalue weighted by Crippen LogP contribution is 2.41. The van der Waals surface area contributed by atoms with Gasteiger partial charge < -0.3 is 15.5 Å². The lowest BCUT2D eigenvalue weighted by molar-refractivity contribution is -0.384. The van der Waals surface area contributed by atoms with Gasteiger partial charge in [0.1, 0.15) is 5.54 Å². The Morgan fingerprint density at radius 2 is 1.61 bits per heavy atom. The van der Waals surface area contributed by atoms with Crippen LogP contribution in [0.25, 0.3) is 0 Å². The van der Waals surface area contributed by atoms with Crippen LogP contribution in [0.3, 0.4) is 0 Å². The van der Waals surface area contributed by atoms with E-state index in [0.29, 0.717) is 41.3 Å². The highest BCUT2D eigenvalue weighted by molar-refractivity contribution is 6.04. The highest BCUT2D eigenvalue weighted by Gasteiger charge is 2.45. The Hall–Kier alpha value is -5.38. The van der Waals surface area contributed by atoms with Gasteiger partial charge in [0.25, 0.3) is 5.69 Å². The van der Waals surface area contributed by atoms with E-state index in [1.807, 2.05) is 60.4 Å². The molecule has 3 aromatic carbocycles. The van der Waals surface area contributed by atoms with E-state index in [0.717, 1.165) is 5.56 Å². The monoisotopic (exact) mass is 549 g/mol. The van der Waals surface area contributed by atoms with Crippen molar-refractivity contribution in [2.45, 2.75) is 18.9 Å². The van der Waals surface area contributed by atoms with Crippen molar-refractivity contribution in [3.05, 3.63) is 124 Å². The number of non-ortho nitro benzene ring substituents is 1. The average Bonchev–Trinajstić information content (AvgIpc) is 3.30. The molecule has 10 heteroatoms. The molecular weight excluding hydrogens is 522 g/mol. The maximum atomic E-state index is 13.2. The lowest BCUT2D eigenvalue weighted by atomic mass is 9.79. The Morgan fingerprint density at radius 1 is 0.976 bits per heavy atom. The van der Waals surface area contributed by atoms with E-state index in [1.165, 1.54) is 24.3 Å². The van der Waals surface area contributed by atoms with Crippen LogP contribution in [-0.4, -0.2) is 46.3 Å². The van der Waals surface area contributed by atoms with Crippen LogP contribution in [0.2, 0.25) is 0 Å². The third-order valence-electron chi connectivity index (χ3n) is 7.06. The Labute approximate surface area is 236 Å². The molecule has 2 amide bonds. The molecule has 0 saturated heterocycles. The molecule has 1 atom stereocenters. The van der Waals surface area contributed by atoms with Gasteiger partial charge in [0.15, 0.2) is 11.6 Å². The van der Waals surface area contributed by atoms with Crippen LogP contribution in [0.4, 0.5) is 21.9 Å². The zero-order chi connectivity index (χ0) is 29.0. The van der Waals surface area contributed by atoms with E-state index < -0.39 is 16.5 Å². The normalized spacial score (nSPS) is 18.0. The first-order valence-corrected chi connectivity index (χ1v) is 13.0. The lowest BCUT2D eigenvalue weighted by Crippen LogP contribution is -2.40. The van der Waals surface area contributed by atoms with Gasteiger partial charge in [0.05, 0.1) is 23.8 Å². The predicted molar refractivity (Wildman–Crippen MR) is 156 cm³/mol. The van der Waals surface area contributed by atoms with E-state index in [1.54, 1.807) is 24.3 Å². The zero-order valence-electron chi connectivity index (χ0n) is 22.2. The number of hydrogen-bond donors (Lipinski definition) is 2. The van der Waals surface area contributed by atoms with Crippen LogP contribution in [0.1, 0.15) is 29.3 Å². The minimum Gasteiger partial charge on any atom is -0.350 e. The van der Waals surface area contributed by atoms with Gasteiger partial charge >= 0.3 is 6.03 Å². The van der Waals surface area contributed by atoms with Crippen LogP contribution in [0, 0.1) is 10.1 Å². The molecular formula is C31H27N5O5. The summed E-state index contributed by atoms with van der Waals surface area (Å²) in [6.45, 7) is 2.29. The van der Waals surface area contributed by atoms with Gasteiger partial charge in [-0.1, -0.05) is 48.6 Å². The summed E-state index contributed by atoms with van der Waals surface area (Å²) >= 11 is 0.